The number of aryl methyl sites for hydroxylation is 1. The van der Waals surface area contributed by atoms with Gasteiger partial charge in [0, 0.05) is 29.2 Å². The summed E-state index contributed by atoms with van der Waals surface area (Å²) < 4.78 is 27.9. The summed E-state index contributed by atoms with van der Waals surface area (Å²) in [5.41, 5.74) is 1.58. The zero-order valence-corrected chi connectivity index (χ0v) is 18.3. The Morgan fingerprint density at radius 2 is 1.82 bits per heavy atom. The molecular weight excluding hydrogens is 440 g/mol. The molecule has 2 aromatic carbocycles. The molecular formula is C21H25BrN2O3S. The lowest BCUT2D eigenvalue weighted by Gasteiger charge is -2.17. The minimum absolute atomic E-state index is 0.0185. The molecule has 1 amide bonds. The van der Waals surface area contributed by atoms with Gasteiger partial charge in [-0.3, -0.25) is 4.79 Å². The highest BCUT2D eigenvalue weighted by Crippen LogP contribution is 2.21. The van der Waals surface area contributed by atoms with Crippen LogP contribution < -0.4 is 5.32 Å². The Balaban J connectivity index is 1.61. The van der Waals surface area contributed by atoms with Gasteiger partial charge in [-0.1, -0.05) is 34.1 Å². The molecule has 0 aliphatic carbocycles. The summed E-state index contributed by atoms with van der Waals surface area (Å²) in [6.07, 6.45) is 3.43. The molecule has 1 atom stereocenters. The van der Waals surface area contributed by atoms with Gasteiger partial charge in [-0.2, -0.15) is 4.31 Å². The Morgan fingerprint density at radius 1 is 1.14 bits per heavy atom. The molecule has 5 nitrogen and oxygen atoms in total. The van der Waals surface area contributed by atoms with Gasteiger partial charge < -0.3 is 5.32 Å². The molecule has 7 heteroatoms. The second-order valence-corrected chi connectivity index (χ2v) is 10.0. The Morgan fingerprint density at radius 3 is 2.50 bits per heavy atom. The maximum absolute atomic E-state index is 12.7. The number of nitrogens with zero attached hydrogens (tertiary/aromatic N) is 1. The lowest BCUT2D eigenvalue weighted by molar-refractivity contribution is 0.0938. The van der Waals surface area contributed by atoms with E-state index in [0.29, 0.717) is 18.7 Å². The first-order valence-corrected chi connectivity index (χ1v) is 11.7. The Labute approximate surface area is 175 Å². The van der Waals surface area contributed by atoms with Crippen molar-refractivity contribution in [2.75, 3.05) is 13.1 Å². The molecule has 2 aromatic rings. The molecule has 1 heterocycles. The zero-order chi connectivity index (χ0) is 20.1. The van der Waals surface area contributed by atoms with E-state index in [1.54, 1.807) is 18.2 Å². The summed E-state index contributed by atoms with van der Waals surface area (Å²) in [5.74, 6) is -0.248. The SMILES string of the molecule is CC(CCc1ccc(Br)cc1)NC(=O)c1cccc(S(=O)(=O)N2CCCC2)c1. The first kappa shape index (κ1) is 21.0. The van der Waals surface area contributed by atoms with Crippen LogP contribution >= 0.6 is 15.9 Å². The van der Waals surface area contributed by atoms with Crippen LogP contribution in [-0.2, 0) is 16.4 Å². The van der Waals surface area contributed by atoms with Crippen molar-refractivity contribution in [1.29, 1.82) is 0 Å². The standard InChI is InChI=1S/C21H25BrN2O3S/c1-16(7-8-17-9-11-19(22)12-10-17)23-21(25)18-5-4-6-20(15-18)28(26,27)24-13-2-3-14-24/h4-6,9-12,15-16H,2-3,7-8,13-14H2,1H3,(H,23,25). The van der Waals surface area contributed by atoms with E-state index >= 15 is 0 Å². The summed E-state index contributed by atoms with van der Waals surface area (Å²) in [5, 5.41) is 2.97. The van der Waals surface area contributed by atoms with Crippen LogP contribution in [-0.4, -0.2) is 37.8 Å². The molecule has 0 aromatic heterocycles. The fourth-order valence-corrected chi connectivity index (χ4v) is 5.12. The first-order valence-electron chi connectivity index (χ1n) is 9.52. The fourth-order valence-electron chi connectivity index (χ4n) is 3.29. The molecule has 0 bridgehead atoms. The molecule has 0 spiro atoms. The fraction of sp³-hybridized carbons (Fsp3) is 0.381. The lowest BCUT2D eigenvalue weighted by Crippen LogP contribution is -2.33. The third-order valence-electron chi connectivity index (χ3n) is 4.96. The Kier molecular flexibility index (Phi) is 6.91. The maximum atomic E-state index is 12.7. The largest absolute Gasteiger partial charge is 0.350 e. The van der Waals surface area contributed by atoms with Crippen molar-refractivity contribution in [3.05, 3.63) is 64.1 Å². The normalized spacial score (nSPS) is 16.1. The van der Waals surface area contributed by atoms with Gasteiger partial charge in [-0.25, -0.2) is 8.42 Å². The number of benzene rings is 2. The first-order chi connectivity index (χ1) is 13.4. The number of hydrogen-bond acceptors (Lipinski definition) is 3. The molecule has 1 saturated heterocycles. The van der Waals surface area contributed by atoms with Crippen molar-refractivity contribution in [2.45, 2.75) is 43.5 Å². The lowest BCUT2D eigenvalue weighted by atomic mass is 10.1. The highest BCUT2D eigenvalue weighted by Gasteiger charge is 2.27. The van der Waals surface area contributed by atoms with Gasteiger partial charge >= 0.3 is 0 Å². The number of hydrogen-bond donors (Lipinski definition) is 1. The second kappa shape index (κ2) is 9.20. The molecule has 3 rings (SSSR count). The van der Waals surface area contributed by atoms with Gasteiger partial charge in [0.05, 0.1) is 4.90 Å². The maximum Gasteiger partial charge on any atom is 0.251 e. The molecule has 1 N–H and O–H groups in total. The van der Waals surface area contributed by atoms with E-state index in [-0.39, 0.29) is 16.8 Å². The quantitative estimate of drug-likeness (QED) is 0.673. The van der Waals surface area contributed by atoms with Gasteiger partial charge in [-0.15, -0.1) is 0 Å². The van der Waals surface area contributed by atoms with Gasteiger partial charge in [-0.05, 0) is 68.5 Å². The highest BCUT2D eigenvalue weighted by molar-refractivity contribution is 9.10. The number of carbonyl (C=O) groups is 1. The van der Waals surface area contributed by atoms with Gasteiger partial charge in [0.2, 0.25) is 10.0 Å². The van der Waals surface area contributed by atoms with Crippen LogP contribution in [0.15, 0.2) is 57.9 Å². The van der Waals surface area contributed by atoms with Crippen LogP contribution in [0, 0.1) is 0 Å². The van der Waals surface area contributed by atoms with Crippen molar-refractivity contribution in [1.82, 2.24) is 9.62 Å². The molecule has 1 unspecified atom stereocenters. The smallest absolute Gasteiger partial charge is 0.251 e. The van der Waals surface area contributed by atoms with Crippen LogP contribution in [0.25, 0.3) is 0 Å². The number of halogens is 1. The van der Waals surface area contributed by atoms with E-state index in [2.05, 4.69) is 33.4 Å². The van der Waals surface area contributed by atoms with E-state index in [4.69, 9.17) is 0 Å². The number of amides is 1. The van der Waals surface area contributed by atoms with Crippen molar-refractivity contribution in [3.63, 3.8) is 0 Å². The summed E-state index contributed by atoms with van der Waals surface area (Å²) in [6, 6.07) is 14.4. The van der Waals surface area contributed by atoms with E-state index < -0.39 is 10.0 Å². The number of rotatable bonds is 7. The molecule has 1 aliphatic rings. The third kappa shape index (κ3) is 5.21. The monoisotopic (exact) mass is 464 g/mol. The summed E-state index contributed by atoms with van der Waals surface area (Å²) in [4.78, 5) is 12.8. The number of nitrogens with one attached hydrogen (secondary N) is 1. The third-order valence-corrected chi connectivity index (χ3v) is 7.38. The molecule has 28 heavy (non-hydrogen) atoms. The topological polar surface area (TPSA) is 66.5 Å². The van der Waals surface area contributed by atoms with Crippen LogP contribution in [0.1, 0.15) is 42.1 Å². The van der Waals surface area contributed by atoms with Gasteiger partial charge in [0.1, 0.15) is 0 Å². The average Bonchev–Trinajstić information content (AvgIpc) is 3.23. The number of carbonyl (C=O) groups excluding carboxylic acids is 1. The number of sulfonamides is 1. The molecule has 1 fully saturated rings. The van der Waals surface area contributed by atoms with Gasteiger partial charge in [0.15, 0.2) is 0 Å². The predicted octanol–water partition coefficient (Wildman–Crippen LogP) is 3.98. The Bertz CT molecular complexity index is 923. The summed E-state index contributed by atoms with van der Waals surface area (Å²) in [6.45, 7) is 3.05. The minimum Gasteiger partial charge on any atom is -0.350 e. The van der Waals surface area contributed by atoms with Crippen molar-refractivity contribution >= 4 is 31.9 Å². The van der Waals surface area contributed by atoms with Crippen LogP contribution in [0.5, 0.6) is 0 Å². The molecule has 0 radical (unpaired) electrons. The summed E-state index contributed by atoms with van der Waals surface area (Å²) >= 11 is 3.42. The molecule has 0 saturated carbocycles. The molecule has 150 valence electrons. The van der Waals surface area contributed by atoms with Crippen molar-refractivity contribution in [2.24, 2.45) is 0 Å². The van der Waals surface area contributed by atoms with Crippen molar-refractivity contribution in [3.8, 4) is 0 Å². The zero-order valence-electron chi connectivity index (χ0n) is 15.9. The van der Waals surface area contributed by atoms with Crippen molar-refractivity contribution < 1.29 is 13.2 Å². The minimum atomic E-state index is -3.52. The predicted molar refractivity (Wildman–Crippen MR) is 114 cm³/mol. The van der Waals surface area contributed by atoms with E-state index in [1.807, 2.05) is 19.1 Å². The van der Waals surface area contributed by atoms with E-state index in [9.17, 15) is 13.2 Å². The van der Waals surface area contributed by atoms with Crippen LogP contribution in [0.3, 0.4) is 0 Å². The van der Waals surface area contributed by atoms with Crippen LogP contribution in [0.4, 0.5) is 0 Å². The second-order valence-electron chi connectivity index (χ2n) is 7.18. The van der Waals surface area contributed by atoms with Crippen LogP contribution in [0.2, 0.25) is 0 Å². The molecule has 1 aliphatic heterocycles. The summed E-state index contributed by atoms with van der Waals surface area (Å²) in [7, 11) is -3.52. The highest BCUT2D eigenvalue weighted by atomic mass is 79.9. The Hall–Kier alpha value is -1.70. The van der Waals surface area contributed by atoms with Gasteiger partial charge in [0.25, 0.3) is 5.91 Å². The van der Waals surface area contributed by atoms with E-state index in [0.717, 1.165) is 30.2 Å². The van der Waals surface area contributed by atoms with E-state index in [1.165, 1.54) is 15.9 Å². The average molecular weight is 465 g/mol.